The van der Waals surface area contributed by atoms with E-state index in [4.69, 9.17) is 17.0 Å². The molecular formula is C22H29N3OS. The number of piperidine rings is 1. The number of ether oxygens (including phenoxy) is 1. The number of hydrogen-bond donors (Lipinski definition) is 2. The van der Waals surface area contributed by atoms with E-state index in [1.54, 1.807) is 7.11 Å². The van der Waals surface area contributed by atoms with Crippen LogP contribution in [0, 0.1) is 5.92 Å². The zero-order chi connectivity index (χ0) is 19.2. The first-order valence-electron chi connectivity index (χ1n) is 9.61. The maximum Gasteiger partial charge on any atom is 0.171 e. The van der Waals surface area contributed by atoms with Crippen molar-refractivity contribution in [2.75, 3.05) is 30.4 Å². The molecule has 0 aromatic heterocycles. The Labute approximate surface area is 167 Å². The summed E-state index contributed by atoms with van der Waals surface area (Å²) in [5.41, 5.74) is 3.48. The molecule has 3 rings (SSSR count). The van der Waals surface area contributed by atoms with Gasteiger partial charge in [0.25, 0.3) is 0 Å². The molecule has 0 aliphatic carbocycles. The third kappa shape index (κ3) is 5.36. The number of methoxy groups -OCH3 is 1. The summed E-state index contributed by atoms with van der Waals surface area (Å²) in [6.45, 7) is 6.78. The first kappa shape index (κ1) is 19.5. The van der Waals surface area contributed by atoms with Gasteiger partial charge in [-0.3, -0.25) is 0 Å². The number of rotatable bonds is 5. The highest BCUT2D eigenvalue weighted by atomic mass is 32.1. The highest BCUT2D eigenvalue weighted by Gasteiger charge is 2.17. The number of nitrogens with zero attached hydrogens (tertiary/aromatic N) is 1. The lowest BCUT2D eigenvalue weighted by Crippen LogP contribution is -2.34. The van der Waals surface area contributed by atoms with Crippen molar-refractivity contribution in [1.82, 2.24) is 5.32 Å². The molecule has 0 amide bonds. The van der Waals surface area contributed by atoms with Crippen molar-refractivity contribution in [1.29, 1.82) is 0 Å². The second kappa shape index (κ2) is 9.09. The lowest BCUT2D eigenvalue weighted by Gasteiger charge is -2.33. The maximum absolute atomic E-state index is 5.45. The summed E-state index contributed by atoms with van der Waals surface area (Å²) in [6, 6.07) is 16.7. The van der Waals surface area contributed by atoms with E-state index in [0.717, 1.165) is 30.4 Å². The first-order valence-corrected chi connectivity index (χ1v) is 10.0. The average Bonchev–Trinajstić information content (AvgIpc) is 2.68. The van der Waals surface area contributed by atoms with Crippen LogP contribution in [0.15, 0.2) is 48.5 Å². The van der Waals surface area contributed by atoms with Crippen molar-refractivity contribution in [2.45, 2.75) is 32.7 Å². The summed E-state index contributed by atoms with van der Waals surface area (Å²) in [5.74, 6) is 1.61. The van der Waals surface area contributed by atoms with Crippen LogP contribution in [0.5, 0.6) is 5.75 Å². The molecule has 4 nitrogen and oxygen atoms in total. The standard InChI is InChI=1S/C22H29N3OS/c1-16-5-4-14-25(15-16)20-10-6-18(7-11-20)17(2)23-22(27)24-19-8-12-21(26-3)13-9-19/h6-13,16-17H,4-5,14-15H2,1-3H3,(H2,23,24,27)/t16-,17-/m1/s1. The SMILES string of the molecule is COc1ccc(NC(=S)N[C@H](C)c2ccc(N3CCC[C@@H](C)C3)cc2)cc1. The molecule has 2 N–H and O–H groups in total. The van der Waals surface area contributed by atoms with Crippen LogP contribution in [0.2, 0.25) is 0 Å². The number of nitrogens with one attached hydrogen (secondary N) is 2. The third-order valence-electron chi connectivity index (χ3n) is 5.11. The highest BCUT2D eigenvalue weighted by Crippen LogP contribution is 2.24. The van der Waals surface area contributed by atoms with Crippen molar-refractivity contribution in [3.05, 3.63) is 54.1 Å². The van der Waals surface area contributed by atoms with Gasteiger partial charge in [-0.1, -0.05) is 19.1 Å². The van der Waals surface area contributed by atoms with Crippen molar-refractivity contribution >= 4 is 28.7 Å². The van der Waals surface area contributed by atoms with Gasteiger partial charge in [0.15, 0.2) is 5.11 Å². The summed E-state index contributed by atoms with van der Waals surface area (Å²) >= 11 is 5.45. The second-order valence-electron chi connectivity index (χ2n) is 7.33. The molecule has 1 aliphatic heterocycles. The van der Waals surface area contributed by atoms with E-state index in [1.165, 1.54) is 24.1 Å². The molecule has 27 heavy (non-hydrogen) atoms. The minimum atomic E-state index is 0.137. The fraction of sp³-hybridized carbons (Fsp3) is 0.409. The van der Waals surface area contributed by atoms with Gasteiger partial charge < -0.3 is 20.3 Å². The predicted octanol–water partition coefficient (Wildman–Crippen LogP) is 4.98. The summed E-state index contributed by atoms with van der Waals surface area (Å²) < 4.78 is 5.18. The topological polar surface area (TPSA) is 36.5 Å². The van der Waals surface area contributed by atoms with Crippen molar-refractivity contribution in [3.8, 4) is 5.75 Å². The fourth-order valence-corrected chi connectivity index (χ4v) is 3.81. The van der Waals surface area contributed by atoms with E-state index in [0.29, 0.717) is 5.11 Å². The van der Waals surface area contributed by atoms with Crippen LogP contribution in [0.25, 0.3) is 0 Å². The Bertz CT molecular complexity index is 745. The fourth-order valence-electron chi connectivity index (χ4n) is 3.52. The van der Waals surface area contributed by atoms with E-state index in [2.05, 4.69) is 53.6 Å². The Morgan fingerprint density at radius 3 is 2.48 bits per heavy atom. The van der Waals surface area contributed by atoms with E-state index in [-0.39, 0.29) is 6.04 Å². The van der Waals surface area contributed by atoms with Crippen LogP contribution >= 0.6 is 12.2 Å². The van der Waals surface area contributed by atoms with Crippen LogP contribution in [0.3, 0.4) is 0 Å². The summed E-state index contributed by atoms with van der Waals surface area (Å²) in [4.78, 5) is 2.49. The smallest absolute Gasteiger partial charge is 0.171 e. The van der Waals surface area contributed by atoms with Gasteiger partial charge in [0.05, 0.1) is 13.2 Å². The predicted molar refractivity (Wildman–Crippen MR) is 118 cm³/mol. The van der Waals surface area contributed by atoms with Crippen LogP contribution in [-0.2, 0) is 0 Å². The molecule has 1 fully saturated rings. The van der Waals surface area contributed by atoms with Crippen LogP contribution in [0.1, 0.15) is 38.3 Å². The molecule has 0 bridgehead atoms. The van der Waals surface area contributed by atoms with E-state index >= 15 is 0 Å². The van der Waals surface area contributed by atoms with Gasteiger partial charge >= 0.3 is 0 Å². The molecule has 2 aromatic carbocycles. The summed E-state index contributed by atoms with van der Waals surface area (Å²) in [5, 5.41) is 7.19. The Hall–Kier alpha value is -2.27. The summed E-state index contributed by atoms with van der Waals surface area (Å²) in [7, 11) is 1.66. The van der Waals surface area contributed by atoms with Gasteiger partial charge in [-0.15, -0.1) is 0 Å². The van der Waals surface area contributed by atoms with E-state index < -0.39 is 0 Å². The molecule has 1 saturated heterocycles. The molecule has 1 heterocycles. The molecule has 2 aromatic rings. The Morgan fingerprint density at radius 1 is 1.15 bits per heavy atom. The zero-order valence-corrected chi connectivity index (χ0v) is 17.2. The Balaban J connectivity index is 1.55. The molecule has 0 saturated carbocycles. The second-order valence-corrected chi connectivity index (χ2v) is 7.74. The third-order valence-corrected chi connectivity index (χ3v) is 5.33. The number of anilines is 2. The molecule has 2 atom stereocenters. The molecule has 0 radical (unpaired) electrons. The minimum Gasteiger partial charge on any atom is -0.497 e. The number of hydrogen-bond acceptors (Lipinski definition) is 3. The van der Waals surface area contributed by atoms with Crippen molar-refractivity contribution in [2.24, 2.45) is 5.92 Å². The van der Waals surface area contributed by atoms with Crippen LogP contribution < -0.4 is 20.3 Å². The number of thiocarbonyl (C=S) groups is 1. The van der Waals surface area contributed by atoms with Gasteiger partial charge in [0, 0.05) is 24.5 Å². The quantitative estimate of drug-likeness (QED) is 0.712. The minimum absolute atomic E-state index is 0.137. The normalized spacial score (nSPS) is 17.9. The lowest BCUT2D eigenvalue weighted by atomic mass is 9.99. The van der Waals surface area contributed by atoms with E-state index in [9.17, 15) is 0 Å². The van der Waals surface area contributed by atoms with Crippen LogP contribution in [0.4, 0.5) is 11.4 Å². The largest absolute Gasteiger partial charge is 0.497 e. The molecule has 144 valence electrons. The van der Waals surface area contributed by atoms with Crippen molar-refractivity contribution in [3.63, 3.8) is 0 Å². The molecule has 1 aliphatic rings. The van der Waals surface area contributed by atoms with Crippen LogP contribution in [-0.4, -0.2) is 25.3 Å². The van der Waals surface area contributed by atoms with Gasteiger partial charge in [-0.25, -0.2) is 0 Å². The van der Waals surface area contributed by atoms with Gasteiger partial charge in [-0.05, 0) is 79.9 Å². The summed E-state index contributed by atoms with van der Waals surface area (Å²) in [6.07, 6.45) is 2.63. The maximum atomic E-state index is 5.45. The Morgan fingerprint density at radius 2 is 1.85 bits per heavy atom. The molecule has 5 heteroatoms. The first-order chi connectivity index (χ1) is 13.0. The van der Waals surface area contributed by atoms with Gasteiger partial charge in [-0.2, -0.15) is 0 Å². The highest BCUT2D eigenvalue weighted by molar-refractivity contribution is 7.80. The average molecular weight is 384 g/mol. The zero-order valence-electron chi connectivity index (χ0n) is 16.4. The van der Waals surface area contributed by atoms with Crippen molar-refractivity contribution < 1.29 is 4.74 Å². The molecule has 0 unspecified atom stereocenters. The van der Waals surface area contributed by atoms with Gasteiger partial charge in [0.1, 0.15) is 5.75 Å². The number of benzene rings is 2. The Kier molecular flexibility index (Phi) is 6.56. The monoisotopic (exact) mass is 383 g/mol. The molecular weight excluding hydrogens is 354 g/mol. The van der Waals surface area contributed by atoms with E-state index in [1.807, 2.05) is 24.3 Å². The molecule has 0 spiro atoms. The van der Waals surface area contributed by atoms with Gasteiger partial charge in [0.2, 0.25) is 0 Å². The lowest BCUT2D eigenvalue weighted by molar-refractivity contribution is 0.415.